The highest BCUT2D eigenvalue weighted by Gasteiger charge is 2.27. The summed E-state index contributed by atoms with van der Waals surface area (Å²) in [5, 5.41) is 0.407. The molecule has 5 rings (SSSR count). The molecule has 0 saturated carbocycles. The number of benzene rings is 1. The number of halogens is 1. The summed E-state index contributed by atoms with van der Waals surface area (Å²) in [5.74, 6) is 1.31. The zero-order chi connectivity index (χ0) is 31.1. The van der Waals surface area contributed by atoms with Crippen LogP contribution in [0.3, 0.4) is 0 Å². The lowest BCUT2D eigenvalue weighted by Gasteiger charge is -2.43. The second kappa shape index (κ2) is 12.0. The van der Waals surface area contributed by atoms with Gasteiger partial charge in [0.2, 0.25) is 0 Å². The molecule has 1 aromatic carbocycles. The van der Waals surface area contributed by atoms with Gasteiger partial charge in [0.05, 0.1) is 10.7 Å². The number of hydrogen-bond acceptors (Lipinski definition) is 7. The van der Waals surface area contributed by atoms with Crippen LogP contribution < -0.4 is 20.9 Å². The van der Waals surface area contributed by atoms with Crippen molar-refractivity contribution in [3.05, 3.63) is 80.3 Å². The molecule has 0 radical (unpaired) electrons. The maximum Gasteiger partial charge on any atom is 0.332 e. The van der Waals surface area contributed by atoms with Crippen molar-refractivity contribution in [1.29, 1.82) is 0 Å². The monoisotopic (exact) mass is 606 g/mol. The third kappa shape index (κ3) is 6.13. The maximum atomic E-state index is 13.3. The Bertz CT molecular complexity index is 1760. The molecule has 1 fully saturated rings. The molecule has 4 aromatic rings. The largest absolute Gasteiger partial charge is 0.465 e. The van der Waals surface area contributed by atoms with Crippen LogP contribution in [0.4, 0.5) is 5.82 Å². The van der Waals surface area contributed by atoms with Gasteiger partial charge < -0.3 is 18.9 Å². The predicted octanol–water partition coefficient (Wildman–Crippen LogP) is 4.47. The van der Waals surface area contributed by atoms with Gasteiger partial charge in [-0.15, -0.1) is 0 Å². The number of methoxy groups -OCH3 is 1. The number of hydrogen-bond donors (Lipinski definition) is 0. The van der Waals surface area contributed by atoms with Crippen molar-refractivity contribution in [2.75, 3.05) is 45.0 Å². The molecule has 43 heavy (non-hydrogen) atoms. The Kier molecular flexibility index (Phi) is 8.56. The van der Waals surface area contributed by atoms with Gasteiger partial charge in [-0.05, 0) is 57.5 Å². The molecular formula is C32H39ClN6O4. The maximum absolute atomic E-state index is 13.3. The van der Waals surface area contributed by atoms with E-state index in [2.05, 4.69) is 30.6 Å². The van der Waals surface area contributed by atoms with Crippen molar-refractivity contribution in [3.63, 3.8) is 0 Å². The number of aryl methyl sites for hydroxylation is 2. The minimum atomic E-state index is -0.193. The highest BCUT2D eigenvalue weighted by Crippen LogP contribution is 2.40. The average molecular weight is 607 g/mol. The SMILES string of the molecule is COCOc1c(-c2ccc(-n3ccn(C)c3=O)c(Cl)c2)cc(C)nc1-c1cc(N2CCN(C(C)(C)C)CC2)n(C)c(=O)c1. The zero-order valence-corrected chi connectivity index (χ0v) is 26.6. The normalized spacial score (nSPS) is 14.4. The minimum absolute atomic E-state index is 0.0115. The van der Waals surface area contributed by atoms with E-state index < -0.39 is 0 Å². The van der Waals surface area contributed by atoms with E-state index in [4.69, 9.17) is 26.1 Å². The van der Waals surface area contributed by atoms with Crippen LogP contribution in [0.25, 0.3) is 28.1 Å². The molecule has 1 saturated heterocycles. The van der Waals surface area contributed by atoms with E-state index >= 15 is 0 Å². The minimum Gasteiger partial charge on any atom is -0.465 e. The molecule has 0 atom stereocenters. The topological polar surface area (TPSA) is 86.8 Å². The lowest BCUT2D eigenvalue weighted by molar-refractivity contribution is 0.0517. The number of rotatable bonds is 7. The average Bonchev–Trinajstić information content (AvgIpc) is 3.30. The van der Waals surface area contributed by atoms with Crippen LogP contribution in [0.5, 0.6) is 5.75 Å². The van der Waals surface area contributed by atoms with Crippen LogP contribution in [-0.2, 0) is 18.8 Å². The molecule has 4 heterocycles. The highest BCUT2D eigenvalue weighted by atomic mass is 35.5. The van der Waals surface area contributed by atoms with Gasteiger partial charge in [0.25, 0.3) is 5.56 Å². The Morgan fingerprint density at radius 3 is 2.28 bits per heavy atom. The summed E-state index contributed by atoms with van der Waals surface area (Å²) in [6, 6.07) is 11.0. The number of imidazole rings is 1. The molecule has 0 unspecified atom stereocenters. The van der Waals surface area contributed by atoms with Crippen LogP contribution >= 0.6 is 11.6 Å². The summed E-state index contributed by atoms with van der Waals surface area (Å²) in [4.78, 5) is 35.4. The van der Waals surface area contributed by atoms with Gasteiger partial charge in [0, 0.05) is 88.2 Å². The number of nitrogens with zero attached hydrogens (tertiary/aromatic N) is 6. The van der Waals surface area contributed by atoms with Crippen LogP contribution in [0.2, 0.25) is 5.02 Å². The molecule has 0 aliphatic carbocycles. The molecule has 0 amide bonds. The smallest absolute Gasteiger partial charge is 0.332 e. The van der Waals surface area contributed by atoms with E-state index in [-0.39, 0.29) is 23.6 Å². The summed E-state index contributed by atoms with van der Waals surface area (Å²) < 4.78 is 16.1. The third-order valence-electron chi connectivity index (χ3n) is 7.95. The van der Waals surface area contributed by atoms with E-state index in [9.17, 15) is 9.59 Å². The molecule has 0 bridgehead atoms. The summed E-state index contributed by atoms with van der Waals surface area (Å²) in [6.07, 6.45) is 3.37. The van der Waals surface area contributed by atoms with Crippen LogP contribution in [0.15, 0.2) is 58.4 Å². The number of ether oxygens (including phenoxy) is 2. The first-order chi connectivity index (χ1) is 20.4. The van der Waals surface area contributed by atoms with Crippen molar-refractivity contribution in [3.8, 4) is 33.8 Å². The summed E-state index contributed by atoms with van der Waals surface area (Å²) in [6.45, 7) is 12.0. The number of aromatic nitrogens is 4. The molecule has 0 N–H and O–H groups in total. The first-order valence-electron chi connectivity index (χ1n) is 14.3. The number of piperazine rings is 1. The third-order valence-corrected chi connectivity index (χ3v) is 8.25. The zero-order valence-electron chi connectivity index (χ0n) is 25.8. The second-order valence-corrected chi connectivity index (χ2v) is 12.3. The molecular weight excluding hydrogens is 568 g/mol. The van der Waals surface area contributed by atoms with Gasteiger partial charge in [-0.2, -0.15) is 0 Å². The van der Waals surface area contributed by atoms with Crippen molar-refractivity contribution in [2.45, 2.75) is 33.2 Å². The molecule has 3 aromatic heterocycles. The Morgan fingerprint density at radius 1 is 0.953 bits per heavy atom. The van der Waals surface area contributed by atoms with E-state index in [0.717, 1.165) is 48.8 Å². The number of pyridine rings is 2. The van der Waals surface area contributed by atoms with Gasteiger partial charge in [-0.3, -0.25) is 18.8 Å². The quantitative estimate of drug-likeness (QED) is 0.287. The summed E-state index contributed by atoms with van der Waals surface area (Å²) >= 11 is 6.73. The lowest BCUT2D eigenvalue weighted by atomic mass is 10.00. The fraction of sp³-hybridized carbons (Fsp3) is 0.406. The molecule has 1 aliphatic rings. The Morgan fingerprint density at radius 2 is 1.67 bits per heavy atom. The van der Waals surface area contributed by atoms with Crippen LogP contribution in [0.1, 0.15) is 26.5 Å². The second-order valence-electron chi connectivity index (χ2n) is 11.9. The van der Waals surface area contributed by atoms with Crippen LogP contribution in [0, 0.1) is 6.92 Å². The first-order valence-corrected chi connectivity index (χ1v) is 14.7. The predicted molar refractivity (Wildman–Crippen MR) is 171 cm³/mol. The number of anilines is 1. The summed E-state index contributed by atoms with van der Waals surface area (Å²) in [7, 11) is 5.05. The molecule has 1 aliphatic heterocycles. The lowest BCUT2D eigenvalue weighted by Crippen LogP contribution is -2.54. The van der Waals surface area contributed by atoms with E-state index in [1.165, 1.54) is 9.13 Å². The van der Waals surface area contributed by atoms with Crippen molar-refractivity contribution in [2.24, 2.45) is 14.1 Å². The van der Waals surface area contributed by atoms with Crippen molar-refractivity contribution < 1.29 is 9.47 Å². The molecule has 0 spiro atoms. The molecule has 10 nitrogen and oxygen atoms in total. The van der Waals surface area contributed by atoms with E-state index in [0.29, 0.717) is 27.7 Å². The molecule has 11 heteroatoms. The fourth-order valence-electron chi connectivity index (χ4n) is 5.52. The van der Waals surface area contributed by atoms with Crippen molar-refractivity contribution in [1.82, 2.24) is 23.6 Å². The van der Waals surface area contributed by atoms with Gasteiger partial charge in [0.1, 0.15) is 11.5 Å². The Labute approximate surface area is 256 Å². The molecule has 228 valence electrons. The van der Waals surface area contributed by atoms with Crippen LogP contribution in [-0.4, -0.2) is 69.2 Å². The van der Waals surface area contributed by atoms with Crippen molar-refractivity contribution >= 4 is 17.4 Å². The highest BCUT2D eigenvalue weighted by molar-refractivity contribution is 6.32. The van der Waals surface area contributed by atoms with Gasteiger partial charge >= 0.3 is 5.69 Å². The standard InChI is InChI=1S/C32H39ClN6O4/c1-21-16-24(22-8-9-26(25(33)17-22)39-15-10-35(5)31(39)41)30(43-20-42-7)29(34-21)23-18-27(36(6)28(40)19-23)37-11-13-38(14-12-37)32(2,3)4/h8-10,15-19H,11-14,20H2,1-7H3. The Hall–Kier alpha value is -3.86. The van der Waals surface area contributed by atoms with Gasteiger partial charge in [-0.1, -0.05) is 17.7 Å². The van der Waals surface area contributed by atoms with Gasteiger partial charge in [0.15, 0.2) is 12.5 Å². The summed E-state index contributed by atoms with van der Waals surface area (Å²) in [5.41, 5.74) is 3.81. The fourth-order valence-corrected chi connectivity index (χ4v) is 5.79. The first kappa shape index (κ1) is 30.6. The van der Waals surface area contributed by atoms with E-state index in [1.807, 2.05) is 31.2 Å². The Balaban J connectivity index is 1.60. The van der Waals surface area contributed by atoms with E-state index in [1.54, 1.807) is 50.3 Å². The van der Waals surface area contributed by atoms with Gasteiger partial charge in [-0.25, -0.2) is 9.78 Å².